The van der Waals surface area contributed by atoms with Crippen LogP contribution in [0, 0.1) is 0 Å². The first-order chi connectivity index (χ1) is 9.63. The van der Waals surface area contributed by atoms with E-state index in [0.29, 0.717) is 12.6 Å². The van der Waals surface area contributed by atoms with Crippen LogP contribution in [0.5, 0.6) is 5.88 Å². The van der Waals surface area contributed by atoms with E-state index >= 15 is 0 Å². The number of amides is 1. The molecule has 0 spiro atoms. The molecule has 2 bridgehead atoms. The maximum Gasteiger partial charge on any atom is 0.388 e. The van der Waals surface area contributed by atoms with E-state index in [-0.39, 0.29) is 23.5 Å². The lowest BCUT2D eigenvalue weighted by Gasteiger charge is -2.45. The van der Waals surface area contributed by atoms with Gasteiger partial charge in [-0.3, -0.25) is 4.79 Å². The Morgan fingerprint density at radius 3 is 2.90 bits per heavy atom. The van der Waals surface area contributed by atoms with Crippen molar-refractivity contribution < 1.29 is 18.3 Å². The first-order valence-corrected chi connectivity index (χ1v) is 6.59. The molecule has 3 aliphatic rings. The normalized spacial score (nSPS) is 25.1. The molecule has 2 atom stereocenters. The van der Waals surface area contributed by atoms with E-state index in [2.05, 4.69) is 15.0 Å². The van der Waals surface area contributed by atoms with Crippen molar-refractivity contribution >= 4 is 5.91 Å². The zero-order valence-electron chi connectivity index (χ0n) is 10.8. The molecule has 3 fully saturated rings. The lowest BCUT2D eigenvalue weighted by molar-refractivity contribution is -0.0530. The second-order valence-corrected chi connectivity index (χ2v) is 5.03. The summed E-state index contributed by atoms with van der Waals surface area (Å²) < 4.78 is 28.6. The predicted molar refractivity (Wildman–Crippen MR) is 66.7 cm³/mol. The van der Waals surface area contributed by atoms with Gasteiger partial charge >= 0.3 is 6.61 Å². The highest BCUT2D eigenvalue weighted by Crippen LogP contribution is 2.24. The first kappa shape index (κ1) is 13.2. The van der Waals surface area contributed by atoms with Gasteiger partial charge in [-0.15, -0.1) is 0 Å². The summed E-state index contributed by atoms with van der Waals surface area (Å²) in [5, 5.41) is 3.35. The minimum atomic E-state index is -2.94. The number of fused-ring (bicyclic) bond motifs is 3. The van der Waals surface area contributed by atoms with E-state index in [1.165, 1.54) is 18.2 Å². The monoisotopic (exact) mass is 283 g/mol. The number of carbonyl (C=O) groups is 1. The number of piperidine rings is 2. The van der Waals surface area contributed by atoms with Crippen LogP contribution in [0.2, 0.25) is 0 Å². The second kappa shape index (κ2) is 5.32. The molecule has 1 aromatic heterocycles. The van der Waals surface area contributed by atoms with Gasteiger partial charge in [-0.25, -0.2) is 4.98 Å². The zero-order valence-corrected chi connectivity index (χ0v) is 10.8. The van der Waals surface area contributed by atoms with Gasteiger partial charge in [-0.1, -0.05) is 6.07 Å². The summed E-state index contributed by atoms with van der Waals surface area (Å²) >= 11 is 0. The molecular weight excluding hydrogens is 268 g/mol. The minimum absolute atomic E-state index is 0.149. The highest BCUT2D eigenvalue weighted by atomic mass is 19.3. The van der Waals surface area contributed by atoms with Crippen LogP contribution in [0.15, 0.2) is 18.2 Å². The molecule has 3 saturated heterocycles. The maximum atomic E-state index is 12.4. The number of alkyl halides is 2. The predicted octanol–water partition coefficient (Wildman–Crippen LogP) is 1.26. The molecule has 0 radical (unpaired) electrons. The Labute approximate surface area is 114 Å². The van der Waals surface area contributed by atoms with Crippen LogP contribution in [-0.4, -0.2) is 47.6 Å². The van der Waals surface area contributed by atoms with Crippen LogP contribution in [0.25, 0.3) is 0 Å². The molecule has 1 aromatic rings. The van der Waals surface area contributed by atoms with Crippen molar-refractivity contribution in [3.63, 3.8) is 0 Å². The van der Waals surface area contributed by atoms with Crippen LogP contribution < -0.4 is 10.1 Å². The van der Waals surface area contributed by atoms with Crippen LogP contribution in [0.4, 0.5) is 8.78 Å². The maximum absolute atomic E-state index is 12.4. The Kier molecular flexibility index (Phi) is 3.52. The summed E-state index contributed by atoms with van der Waals surface area (Å²) in [7, 11) is 0. The van der Waals surface area contributed by atoms with Crippen molar-refractivity contribution in [2.75, 3.05) is 13.1 Å². The highest BCUT2D eigenvalue weighted by molar-refractivity contribution is 5.92. The summed E-state index contributed by atoms with van der Waals surface area (Å²) in [6, 6.07) is 4.82. The topological polar surface area (TPSA) is 54.5 Å². The number of rotatable bonds is 3. The van der Waals surface area contributed by atoms with Crippen molar-refractivity contribution in [2.24, 2.45) is 0 Å². The Bertz CT molecular complexity index is 504. The lowest BCUT2D eigenvalue weighted by Crippen LogP contribution is -2.62. The van der Waals surface area contributed by atoms with Gasteiger partial charge in [0.25, 0.3) is 5.91 Å². The highest BCUT2D eigenvalue weighted by Gasteiger charge is 2.36. The van der Waals surface area contributed by atoms with Gasteiger partial charge in [0.15, 0.2) is 0 Å². The van der Waals surface area contributed by atoms with E-state index in [0.717, 1.165) is 19.4 Å². The molecule has 0 aromatic carbocycles. The standard InChI is InChI=1S/C13H15F2N3O2/c14-13(15)20-11-3-1-2-10(17-11)12(19)18-7-8-4-5-9(18)6-16-8/h1-3,8-9,13,16H,4-7H2. The van der Waals surface area contributed by atoms with Crippen LogP contribution in [-0.2, 0) is 0 Å². The number of pyridine rings is 1. The quantitative estimate of drug-likeness (QED) is 0.907. The van der Waals surface area contributed by atoms with Gasteiger partial charge in [0.05, 0.1) is 0 Å². The van der Waals surface area contributed by atoms with Crippen LogP contribution >= 0.6 is 0 Å². The van der Waals surface area contributed by atoms with Crippen molar-refractivity contribution in [1.29, 1.82) is 0 Å². The van der Waals surface area contributed by atoms with Gasteiger partial charge in [0, 0.05) is 31.2 Å². The number of nitrogens with one attached hydrogen (secondary N) is 1. The summed E-state index contributed by atoms with van der Waals surface area (Å²) in [6.45, 7) is -1.52. The van der Waals surface area contributed by atoms with Crippen molar-refractivity contribution in [2.45, 2.75) is 31.5 Å². The molecule has 5 nitrogen and oxygen atoms in total. The summed E-state index contributed by atoms with van der Waals surface area (Å²) in [5.74, 6) is -0.452. The third kappa shape index (κ3) is 2.58. The Balaban J connectivity index is 1.77. The van der Waals surface area contributed by atoms with Gasteiger partial charge < -0.3 is 15.0 Å². The fourth-order valence-electron chi connectivity index (χ4n) is 2.80. The zero-order chi connectivity index (χ0) is 14.1. The number of carbonyl (C=O) groups excluding carboxylic acids is 1. The third-order valence-corrected chi connectivity index (χ3v) is 3.76. The molecule has 0 aliphatic carbocycles. The van der Waals surface area contributed by atoms with E-state index < -0.39 is 6.61 Å². The Morgan fingerprint density at radius 2 is 2.30 bits per heavy atom. The number of aromatic nitrogens is 1. The molecule has 1 N–H and O–H groups in total. The molecule has 3 aliphatic heterocycles. The van der Waals surface area contributed by atoms with Gasteiger partial charge in [0.1, 0.15) is 5.69 Å². The van der Waals surface area contributed by atoms with Crippen LogP contribution in [0.3, 0.4) is 0 Å². The molecule has 0 saturated carbocycles. The fraction of sp³-hybridized carbons (Fsp3) is 0.538. The van der Waals surface area contributed by atoms with Gasteiger partial charge in [-0.2, -0.15) is 8.78 Å². The molecule has 20 heavy (non-hydrogen) atoms. The summed E-state index contributed by atoms with van der Waals surface area (Å²) in [5.41, 5.74) is 0.149. The van der Waals surface area contributed by atoms with E-state index in [1.54, 1.807) is 4.90 Å². The fourth-order valence-corrected chi connectivity index (χ4v) is 2.80. The number of hydrogen-bond acceptors (Lipinski definition) is 4. The first-order valence-electron chi connectivity index (χ1n) is 6.59. The smallest absolute Gasteiger partial charge is 0.388 e. The van der Waals surface area contributed by atoms with Gasteiger partial charge in [-0.05, 0) is 18.9 Å². The molecule has 7 heteroatoms. The SMILES string of the molecule is O=C(c1cccc(OC(F)F)n1)N1CC2CCC1CN2. The van der Waals surface area contributed by atoms with E-state index in [4.69, 9.17) is 0 Å². The lowest BCUT2D eigenvalue weighted by atomic mass is 9.93. The Hall–Kier alpha value is -1.76. The average Bonchev–Trinajstić information content (AvgIpc) is 2.47. The third-order valence-electron chi connectivity index (χ3n) is 3.76. The van der Waals surface area contributed by atoms with Crippen molar-refractivity contribution in [3.05, 3.63) is 23.9 Å². The number of piperazine rings is 1. The molecule has 108 valence electrons. The van der Waals surface area contributed by atoms with Gasteiger partial charge in [0.2, 0.25) is 5.88 Å². The molecular formula is C13H15F2N3O2. The number of hydrogen-bond donors (Lipinski definition) is 1. The average molecular weight is 283 g/mol. The molecule has 2 unspecified atom stereocenters. The number of nitrogens with zero attached hydrogens (tertiary/aromatic N) is 2. The van der Waals surface area contributed by atoms with Crippen LogP contribution in [0.1, 0.15) is 23.3 Å². The molecule has 4 heterocycles. The van der Waals surface area contributed by atoms with E-state index in [9.17, 15) is 13.6 Å². The van der Waals surface area contributed by atoms with Crippen molar-refractivity contribution in [3.8, 4) is 5.88 Å². The summed E-state index contributed by atoms with van der Waals surface area (Å²) in [6.07, 6.45) is 2.03. The molecule has 1 amide bonds. The van der Waals surface area contributed by atoms with Crippen molar-refractivity contribution in [1.82, 2.24) is 15.2 Å². The minimum Gasteiger partial charge on any atom is -0.417 e. The second-order valence-electron chi connectivity index (χ2n) is 5.03. The largest absolute Gasteiger partial charge is 0.417 e. The summed E-state index contributed by atoms with van der Waals surface area (Å²) in [4.78, 5) is 18.1. The van der Waals surface area contributed by atoms with E-state index in [1.807, 2.05) is 0 Å². The Morgan fingerprint density at radius 1 is 1.45 bits per heavy atom. The number of ether oxygens (including phenoxy) is 1. The number of halogens is 2. The molecule has 4 rings (SSSR count).